The number of amides is 2. The number of nitrogens with zero attached hydrogens (tertiary/aromatic N) is 4. The van der Waals surface area contributed by atoms with E-state index in [4.69, 9.17) is 0 Å². The lowest BCUT2D eigenvalue weighted by atomic mass is 10.1. The minimum atomic E-state index is -0.279. The summed E-state index contributed by atoms with van der Waals surface area (Å²) in [5, 5.41) is 11.9. The van der Waals surface area contributed by atoms with E-state index in [0.29, 0.717) is 18.1 Å². The summed E-state index contributed by atoms with van der Waals surface area (Å²) in [5.74, 6) is 0.305. The lowest BCUT2D eigenvalue weighted by Crippen LogP contribution is -2.39. The smallest absolute Gasteiger partial charge is 0.321 e. The first kappa shape index (κ1) is 15.1. The van der Waals surface area contributed by atoms with Crippen LogP contribution in [0.25, 0.3) is 5.65 Å². The average molecular weight is 342 g/mol. The second kappa shape index (κ2) is 6.58. The van der Waals surface area contributed by atoms with Crippen LogP contribution in [0.2, 0.25) is 0 Å². The number of hydrogen-bond acceptors (Lipinski definition) is 5. The molecule has 124 valence electrons. The fraction of sp³-hybridized carbons (Fsp3) is 0.312. The molecule has 0 bridgehead atoms. The largest absolute Gasteiger partial charge is 0.337 e. The summed E-state index contributed by atoms with van der Waals surface area (Å²) in [6.07, 6.45) is 2.89. The molecule has 4 rings (SSSR count). The third-order valence-electron chi connectivity index (χ3n) is 4.07. The predicted octanol–water partition coefficient (Wildman–Crippen LogP) is 1.97. The average Bonchev–Trinajstić information content (AvgIpc) is 3.19. The number of carbonyl (C=O) groups excluding carboxylic acids is 1. The normalized spacial score (nSPS) is 14.5. The number of nitrogens with one attached hydrogen (secondary N) is 2. The Morgan fingerprint density at radius 3 is 3.21 bits per heavy atom. The number of urea groups is 1. The van der Waals surface area contributed by atoms with Crippen LogP contribution in [0.15, 0.2) is 35.8 Å². The van der Waals surface area contributed by atoms with Crippen molar-refractivity contribution in [3.63, 3.8) is 0 Å². The first-order valence-electron chi connectivity index (χ1n) is 7.92. The molecule has 2 amide bonds. The molecule has 3 aromatic heterocycles. The highest BCUT2D eigenvalue weighted by Gasteiger charge is 2.16. The molecule has 24 heavy (non-hydrogen) atoms. The molecule has 0 saturated carbocycles. The van der Waals surface area contributed by atoms with Crippen LogP contribution in [0.1, 0.15) is 10.4 Å². The maximum Gasteiger partial charge on any atom is 0.321 e. The Hall–Kier alpha value is -2.45. The monoisotopic (exact) mass is 342 g/mol. The molecule has 7 nitrogen and oxygen atoms in total. The molecule has 2 N–H and O–H groups in total. The Morgan fingerprint density at radius 2 is 2.29 bits per heavy atom. The first-order valence-corrected chi connectivity index (χ1v) is 8.80. The van der Waals surface area contributed by atoms with Crippen molar-refractivity contribution in [3.8, 4) is 0 Å². The van der Waals surface area contributed by atoms with Gasteiger partial charge in [0.25, 0.3) is 5.95 Å². The highest BCUT2D eigenvalue weighted by atomic mass is 32.1. The summed E-state index contributed by atoms with van der Waals surface area (Å²) < 4.78 is 1.63. The number of thiophene rings is 1. The number of pyridine rings is 1. The summed E-state index contributed by atoms with van der Waals surface area (Å²) in [5.41, 5.74) is 2.12. The molecule has 3 aromatic rings. The van der Waals surface area contributed by atoms with Gasteiger partial charge in [-0.25, -0.2) is 9.31 Å². The maximum absolute atomic E-state index is 12.0. The molecule has 0 radical (unpaired) electrons. The van der Waals surface area contributed by atoms with Crippen LogP contribution in [-0.4, -0.2) is 45.2 Å². The van der Waals surface area contributed by atoms with Gasteiger partial charge in [0.05, 0.1) is 0 Å². The molecule has 0 unspecified atom stereocenters. The van der Waals surface area contributed by atoms with E-state index in [1.54, 1.807) is 10.7 Å². The van der Waals surface area contributed by atoms with Gasteiger partial charge in [0, 0.05) is 37.3 Å². The molecule has 0 atom stereocenters. The quantitative estimate of drug-likeness (QED) is 0.760. The fourth-order valence-corrected chi connectivity index (χ4v) is 3.75. The molecule has 1 aliphatic rings. The standard InChI is InChI=1S/C16H18N6OS/c23-16(19-15-18-14-3-1-2-7-22(14)20-15)17-6-9-21-8-4-13-12(11-21)5-10-24-13/h1-3,5,7,10H,4,6,8-9,11H2,(H2,17,19,20,23). The van der Waals surface area contributed by atoms with Crippen LogP contribution in [0, 0.1) is 0 Å². The highest BCUT2D eigenvalue weighted by molar-refractivity contribution is 7.10. The molecule has 0 spiro atoms. The SMILES string of the molecule is O=C(NCCN1CCc2sccc2C1)Nc1nc2ccccn2n1. The van der Waals surface area contributed by atoms with Gasteiger partial charge in [0.1, 0.15) is 0 Å². The molecule has 8 heteroatoms. The molecular weight excluding hydrogens is 324 g/mol. The van der Waals surface area contributed by atoms with Gasteiger partial charge in [-0.15, -0.1) is 16.4 Å². The Labute approximate surface area is 143 Å². The zero-order valence-corrected chi connectivity index (χ0v) is 13.9. The summed E-state index contributed by atoms with van der Waals surface area (Å²) in [6.45, 7) is 3.45. The topological polar surface area (TPSA) is 74.6 Å². The van der Waals surface area contributed by atoms with Crippen LogP contribution in [0.3, 0.4) is 0 Å². The van der Waals surface area contributed by atoms with Crippen LogP contribution in [-0.2, 0) is 13.0 Å². The number of anilines is 1. The van der Waals surface area contributed by atoms with Crippen LogP contribution >= 0.6 is 11.3 Å². The van der Waals surface area contributed by atoms with Gasteiger partial charge in [-0.3, -0.25) is 10.2 Å². The van der Waals surface area contributed by atoms with Gasteiger partial charge in [0.15, 0.2) is 5.65 Å². The van der Waals surface area contributed by atoms with E-state index in [1.807, 2.05) is 29.5 Å². The van der Waals surface area contributed by atoms with E-state index >= 15 is 0 Å². The maximum atomic E-state index is 12.0. The molecule has 0 aliphatic carbocycles. The number of aromatic nitrogens is 3. The summed E-state index contributed by atoms with van der Waals surface area (Å²) in [7, 11) is 0. The summed E-state index contributed by atoms with van der Waals surface area (Å²) in [4.78, 5) is 20.1. The van der Waals surface area contributed by atoms with Crippen molar-refractivity contribution in [2.24, 2.45) is 0 Å². The van der Waals surface area contributed by atoms with Gasteiger partial charge < -0.3 is 5.32 Å². The van der Waals surface area contributed by atoms with E-state index in [-0.39, 0.29) is 6.03 Å². The van der Waals surface area contributed by atoms with E-state index in [9.17, 15) is 4.79 Å². The molecular formula is C16H18N6OS. The minimum Gasteiger partial charge on any atom is -0.337 e. The second-order valence-corrected chi connectivity index (χ2v) is 6.72. The van der Waals surface area contributed by atoms with Gasteiger partial charge >= 0.3 is 6.03 Å². The first-order chi connectivity index (χ1) is 11.8. The molecule has 1 aliphatic heterocycles. The van der Waals surface area contributed by atoms with Crippen molar-refractivity contribution < 1.29 is 4.79 Å². The molecule has 0 aromatic carbocycles. The minimum absolute atomic E-state index is 0.279. The van der Waals surface area contributed by atoms with Crippen molar-refractivity contribution >= 4 is 29.0 Å². The zero-order chi connectivity index (χ0) is 16.4. The van der Waals surface area contributed by atoms with Gasteiger partial charge in [-0.1, -0.05) is 6.07 Å². The van der Waals surface area contributed by atoms with Crippen molar-refractivity contribution in [1.82, 2.24) is 24.8 Å². The zero-order valence-electron chi connectivity index (χ0n) is 13.1. The van der Waals surface area contributed by atoms with E-state index in [1.165, 1.54) is 10.4 Å². The number of rotatable bonds is 4. The molecule has 0 saturated heterocycles. The van der Waals surface area contributed by atoms with Crippen LogP contribution in [0.5, 0.6) is 0 Å². The van der Waals surface area contributed by atoms with E-state index in [0.717, 1.165) is 26.1 Å². The summed E-state index contributed by atoms with van der Waals surface area (Å²) in [6, 6.07) is 7.50. The highest BCUT2D eigenvalue weighted by Crippen LogP contribution is 2.23. The van der Waals surface area contributed by atoms with Crippen molar-refractivity contribution in [1.29, 1.82) is 0 Å². The fourth-order valence-electron chi connectivity index (χ4n) is 2.86. The lowest BCUT2D eigenvalue weighted by Gasteiger charge is -2.26. The molecule has 0 fully saturated rings. The Morgan fingerprint density at radius 1 is 1.33 bits per heavy atom. The Kier molecular flexibility index (Phi) is 4.14. The number of fused-ring (bicyclic) bond motifs is 2. The number of hydrogen-bond donors (Lipinski definition) is 2. The predicted molar refractivity (Wildman–Crippen MR) is 93.3 cm³/mol. The van der Waals surface area contributed by atoms with Gasteiger partial charge in [-0.05, 0) is 35.6 Å². The van der Waals surface area contributed by atoms with E-state index < -0.39 is 0 Å². The van der Waals surface area contributed by atoms with Crippen molar-refractivity contribution in [3.05, 3.63) is 46.3 Å². The van der Waals surface area contributed by atoms with E-state index in [2.05, 4.69) is 37.1 Å². The van der Waals surface area contributed by atoms with Crippen LogP contribution < -0.4 is 10.6 Å². The Balaban J connectivity index is 1.25. The second-order valence-electron chi connectivity index (χ2n) is 5.71. The van der Waals surface area contributed by atoms with Gasteiger partial charge in [-0.2, -0.15) is 4.98 Å². The van der Waals surface area contributed by atoms with Crippen LogP contribution in [0.4, 0.5) is 10.7 Å². The molecule has 4 heterocycles. The third-order valence-corrected chi connectivity index (χ3v) is 5.09. The Bertz CT molecular complexity index is 824. The van der Waals surface area contributed by atoms with Crippen molar-refractivity contribution in [2.45, 2.75) is 13.0 Å². The van der Waals surface area contributed by atoms with Crippen molar-refractivity contribution in [2.75, 3.05) is 25.0 Å². The lowest BCUT2D eigenvalue weighted by molar-refractivity contribution is 0.239. The number of carbonyl (C=O) groups is 1. The van der Waals surface area contributed by atoms with Gasteiger partial charge in [0.2, 0.25) is 0 Å². The summed E-state index contributed by atoms with van der Waals surface area (Å²) >= 11 is 1.84. The third kappa shape index (κ3) is 3.24.